The van der Waals surface area contributed by atoms with Crippen LogP contribution in [0, 0.1) is 23.7 Å². The Bertz CT molecular complexity index is 941. The van der Waals surface area contributed by atoms with E-state index < -0.39 is 60.0 Å². The van der Waals surface area contributed by atoms with Gasteiger partial charge < -0.3 is 38.9 Å². The van der Waals surface area contributed by atoms with E-state index in [2.05, 4.69) is 0 Å². The summed E-state index contributed by atoms with van der Waals surface area (Å²) in [5, 5.41) is 22.4. The van der Waals surface area contributed by atoms with E-state index in [0.717, 1.165) is 11.2 Å². The van der Waals surface area contributed by atoms with Crippen molar-refractivity contribution in [3.63, 3.8) is 0 Å². The lowest BCUT2D eigenvalue weighted by Crippen LogP contribution is -3.12. The number of hydrogen-bond acceptors (Lipinski definition) is 9. The molecule has 2 unspecified atom stereocenters. The second-order valence-electron chi connectivity index (χ2n) is 13.0. The molecule has 2 fully saturated rings. The van der Waals surface area contributed by atoms with Crippen LogP contribution in [0.1, 0.15) is 73.6 Å². The summed E-state index contributed by atoms with van der Waals surface area (Å²) in [6.45, 7) is 11.3. The number of hydrogen-bond donors (Lipinski definition) is 3. The summed E-state index contributed by atoms with van der Waals surface area (Å²) in [5.74, 6) is -2.29. The van der Waals surface area contributed by atoms with Crippen LogP contribution < -0.4 is 4.90 Å². The molecule has 3 aliphatic rings. The minimum Gasteiger partial charge on any atom is -0.462 e. The van der Waals surface area contributed by atoms with Gasteiger partial charge in [0, 0.05) is 30.6 Å². The fraction of sp³-hybridized carbons (Fsp3) is 0.839. The van der Waals surface area contributed by atoms with Crippen LogP contribution in [0.4, 0.5) is 0 Å². The molecule has 0 bridgehead atoms. The Labute approximate surface area is 244 Å². The van der Waals surface area contributed by atoms with E-state index >= 15 is 0 Å². The Morgan fingerprint density at radius 2 is 1.80 bits per heavy atom. The number of nitrogens with one attached hydrogen (secondary N) is 1. The average Bonchev–Trinajstić information content (AvgIpc) is 3.60. The summed E-state index contributed by atoms with van der Waals surface area (Å²) in [4.78, 5) is 39.1. The molecule has 0 aromatic heterocycles. The highest BCUT2D eigenvalue weighted by Crippen LogP contribution is 2.44. The molecule has 10 nitrogen and oxygen atoms in total. The van der Waals surface area contributed by atoms with E-state index in [1.165, 1.54) is 0 Å². The van der Waals surface area contributed by atoms with Gasteiger partial charge in [0.15, 0.2) is 18.2 Å². The molecule has 13 atom stereocenters. The third-order valence-electron chi connectivity index (χ3n) is 9.40. The van der Waals surface area contributed by atoms with Crippen molar-refractivity contribution < 1.29 is 48.4 Å². The summed E-state index contributed by atoms with van der Waals surface area (Å²) < 4.78 is 24.2. The number of epoxide rings is 1. The smallest absolute Gasteiger partial charge is 0.308 e. The molecule has 0 spiro atoms. The number of fused-ring (bicyclic) bond motifs is 1. The molecule has 234 valence electrons. The summed E-state index contributed by atoms with van der Waals surface area (Å²) in [7, 11) is 3.92. The number of aliphatic hydroxyl groups is 2. The van der Waals surface area contributed by atoms with Gasteiger partial charge in [-0.1, -0.05) is 27.7 Å². The van der Waals surface area contributed by atoms with Gasteiger partial charge in [-0.05, 0) is 44.8 Å². The molecule has 0 radical (unpaired) electrons. The molecule has 41 heavy (non-hydrogen) atoms. The van der Waals surface area contributed by atoms with E-state index in [0.29, 0.717) is 19.3 Å². The summed E-state index contributed by atoms with van der Waals surface area (Å²) >= 11 is 0. The van der Waals surface area contributed by atoms with Crippen LogP contribution in [0.2, 0.25) is 0 Å². The quantitative estimate of drug-likeness (QED) is 0.240. The number of esters is 1. The van der Waals surface area contributed by atoms with Gasteiger partial charge in [0.1, 0.15) is 24.0 Å². The predicted molar refractivity (Wildman–Crippen MR) is 151 cm³/mol. The van der Waals surface area contributed by atoms with Crippen LogP contribution in [0.25, 0.3) is 0 Å². The van der Waals surface area contributed by atoms with Crippen molar-refractivity contribution in [2.75, 3.05) is 14.1 Å². The first kappa shape index (κ1) is 33.8. The van der Waals surface area contributed by atoms with Crippen molar-refractivity contribution in [2.45, 2.75) is 128 Å². The molecule has 10 heteroatoms. The fourth-order valence-corrected chi connectivity index (χ4v) is 6.58. The lowest BCUT2D eigenvalue weighted by Gasteiger charge is -2.43. The van der Waals surface area contributed by atoms with Gasteiger partial charge in [-0.15, -0.1) is 0 Å². The highest BCUT2D eigenvalue weighted by Gasteiger charge is 2.55. The van der Waals surface area contributed by atoms with Crippen molar-refractivity contribution in [2.24, 2.45) is 23.7 Å². The largest absolute Gasteiger partial charge is 0.462 e. The third-order valence-corrected chi connectivity index (χ3v) is 9.40. The maximum absolute atomic E-state index is 13.2. The highest BCUT2D eigenvalue weighted by molar-refractivity contribution is 5.91. The number of allylic oxidation sites excluding steroid dienone is 1. The maximum Gasteiger partial charge on any atom is 0.308 e. The number of ether oxygens (including phenoxy) is 4. The normalized spacial score (nSPS) is 45.5. The summed E-state index contributed by atoms with van der Waals surface area (Å²) in [5.41, 5.74) is -0.635. The van der Waals surface area contributed by atoms with Gasteiger partial charge in [-0.2, -0.15) is 0 Å². The predicted octanol–water partition coefficient (Wildman–Crippen LogP) is 1.25. The zero-order valence-corrected chi connectivity index (χ0v) is 25.9. The highest BCUT2D eigenvalue weighted by atomic mass is 16.7. The maximum atomic E-state index is 13.2. The first-order valence-corrected chi connectivity index (χ1v) is 15.2. The molecule has 3 heterocycles. The Balaban J connectivity index is 1.95. The number of rotatable bonds is 6. The lowest BCUT2D eigenvalue weighted by molar-refractivity contribution is -0.893. The molecule has 3 aliphatic heterocycles. The molecule has 3 rings (SSSR count). The van der Waals surface area contributed by atoms with Crippen LogP contribution in [0.3, 0.4) is 0 Å². The van der Waals surface area contributed by atoms with E-state index in [9.17, 15) is 24.6 Å². The monoisotopic (exact) mass is 582 g/mol. The molecule has 0 saturated carbocycles. The SMILES string of the molecule is CC[C@H]1OC(=O)C[C@@H](O)[C@H](C)[C@@H](O[C@H]2O[C@H](C)C[C@H]([NH+](C)C)[C@H]2O)[C@@H](CC=O)C[C@@H](C)C(=O)/C=C/C2(C)OC2[C@@H]1C. The Kier molecular flexibility index (Phi) is 11.7. The van der Waals surface area contributed by atoms with Crippen molar-refractivity contribution in [1.29, 1.82) is 0 Å². The zero-order valence-electron chi connectivity index (χ0n) is 25.9. The second-order valence-corrected chi connectivity index (χ2v) is 13.0. The zero-order chi connectivity index (χ0) is 30.6. The first-order chi connectivity index (χ1) is 19.2. The molecule has 0 aliphatic carbocycles. The second kappa shape index (κ2) is 14.2. The molecule has 0 amide bonds. The molecule has 0 aromatic rings. The summed E-state index contributed by atoms with van der Waals surface area (Å²) in [6, 6.07) is -0.136. The summed E-state index contributed by atoms with van der Waals surface area (Å²) in [6.07, 6.45) is 0.787. The number of aliphatic hydroxyl groups excluding tert-OH is 2. The average molecular weight is 583 g/mol. The van der Waals surface area contributed by atoms with E-state index in [1.807, 2.05) is 48.7 Å². The van der Waals surface area contributed by atoms with Gasteiger partial charge in [0.2, 0.25) is 0 Å². The number of carbonyl (C=O) groups excluding carboxylic acids is 3. The van der Waals surface area contributed by atoms with Gasteiger partial charge in [0.05, 0.1) is 44.9 Å². The fourth-order valence-electron chi connectivity index (χ4n) is 6.58. The first-order valence-electron chi connectivity index (χ1n) is 15.2. The minimum atomic E-state index is -1.15. The molecule has 2 saturated heterocycles. The van der Waals surface area contributed by atoms with Gasteiger partial charge >= 0.3 is 5.97 Å². The van der Waals surface area contributed by atoms with Crippen LogP contribution in [-0.2, 0) is 33.3 Å². The number of carbonyl (C=O) groups is 3. The van der Waals surface area contributed by atoms with E-state index in [-0.39, 0.29) is 42.8 Å². The molecular weight excluding hydrogens is 530 g/mol. The Hall–Kier alpha value is -1.69. The Morgan fingerprint density at radius 1 is 1.12 bits per heavy atom. The van der Waals surface area contributed by atoms with E-state index in [1.54, 1.807) is 19.1 Å². The topological polar surface area (TPSA) is 136 Å². The third kappa shape index (κ3) is 8.24. The van der Waals surface area contributed by atoms with Crippen LogP contribution in [0.15, 0.2) is 12.2 Å². The van der Waals surface area contributed by atoms with E-state index in [4.69, 9.17) is 18.9 Å². The van der Waals surface area contributed by atoms with Gasteiger partial charge in [0.25, 0.3) is 0 Å². The number of cyclic esters (lactones) is 1. The lowest BCUT2D eigenvalue weighted by atomic mass is 9.79. The minimum absolute atomic E-state index is 0.0760. The van der Waals surface area contributed by atoms with Crippen molar-refractivity contribution >= 4 is 18.0 Å². The number of quaternary nitrogens is 1. The van der Waals surface area contributed by atoms with Crippen molar-refractivity contribution in [1.82, 2.24) is 0 Å². The van der Waals surface area contributed by atoms with Crippen molar-refractivity contribution in [3.05, 3.63) is 12.2 Å². The van der Waals surface area contributed by atoms with Crippen LogP contribution >= 0.6 is 0 Å². The Morgan fingerprint density at radius 3 is 2.41 bits per heavy atom. The molecule has 0 aromatic carbocycles. The number of ketones is 1. The number of aldehydes is 1. The standard InChI is InChI=1S/C31H51NO9/c1-9-25-20(5)29-31(6,41-29)12-10-23(34)17(2)14-21(11-13-33)28(19(4)24(35)16-26(36)39-25)40-30-27(37)22(32(7)8)15-18(3)38-30/h10,12-13,17-22,24-25,27-30,35,37H,9,11,14-16H2,1-8H3/p+1/b12-10+/t17-,18-,19+,20-,21+,22+,24-,25-,27-,28-,29?,30-,31?/m1/s1. The molecule has 3 N–H and O–H groups in total. The van der Waals surface area contributed by atoms with Gasteiger partial charge in [-0.25, -0.2) is 0 Å². The van der Waals surface area contributed by atoms with Crippen LogP contribution in [-0.4, -0.2) is 96.9 Å². The van der Waals surface area contributed by atoms with Crippen molar-refractivity contribution in [3.8, 4) is 0 Å². The van der Waals surface area contributed by atoms with Crippen LogP contribution in [0.5, 0.6) is 0 Å². The van der Waals surface area contributed by atoms with Gasteiger partial charge in [-0.3, -0.25) is 9.59 Å². The number of likely N-dealkylation sites (N-methyl/N-ethyl adjacent to an activating group) is 1. The molecular formula is C31H52NO9+.